The van der Waals surface area contributed by atoms with E-state index in [1.807, 2.05) is 6.08 Å². The van der Waals surface area contributed by atoms with Gasteiger partial charge in [0, 0.05) is 12.6 Å². The number of carbonyl (C=O) groups excluding carboxylic acids is 1. The Labute approximate surface area is 116 Å². The van der Waals surface area contributed by atoms with Crippen LogP contribution in [0.2, 0.25) is 0 Å². The maximum absolute atomic E-state index is 12.5. The number of nitrogens with one attached hydrogen (secondary N) is 2. The van der Waals surface area contributed by atoms with Crippen molar-refractivity contribution < 1.29 is 4.79 Å². The van der Waals surface area contributed by atoms with E-state index in [2.05, 4.69) is 24.1 Å². The third-order valence-corrected chi connectivity index (χ3v) is 4.39. The highest BCUT2D eigenvalue weighted by atomic mass is 35.5. The van der Waals surface area contributed by atoms with Crippen LogP contribution in [0.1, 0.15) is 39.0 Å². The Morgan fingerprint density at radius 3 is 3.11 bits per heavy atom. The summed E-state index contributed by atoms with van der Waals surface area (Å²) in [5.41, 5.74) is -0.117. The Kier molecular flexibility index (Phi) is 5.67. The first-order valence-corrected chi connectivity index (χ1v) is 6.81. The summed E-state index contributed by atoms with van der Waals surface area (Å²) < 4.78 is 0. The summed E-state index contributed by atoms with van der Waals surface area (Å²) in [6, 6.07) is 0.206. The van der Waals surface area contributed by atoms with Gasteiger partial charge in [0.15, 0.2) is 0 Å². The first-order valence-electron chi connectivity index (χ1n) is 6.81. The standard InChI is InChI=1S/C14H24N2O.ClH/c1-3-6-11(2)16-13(17)14-8-5-4-7-12(14)9-15-10-14;/h3,11-12,15H,1,4-10H2,2H3,(H,16,17);1H/t11?,12-,14+;/m0./s1. The molecule has 0 bridgehead atoms. The molecule has 2 fully saturated rings. The monoisotopic (exact) mass is 272 g/mol. The van der Waals surface area contributed by atoms with E-state index in [1.165, 1.54) is 19.3 Å². The van der Waals surface area contributed by atoms with E-state index in [0.717, 1.165) is 25.9 Å². The van der Waals surface area contributed by atoms with E-state index in [9.17, 15) is 4.79 Å². The first kappa shape index (κ1) is 15.5. The summed E-state index contributed by atoms with van der Waals surface area (Å²) >= 11 is 0. The molecule has 3 nitrogen and oxygen atoms in total. The predicted octanol–water partition coefficient (Wildman–Crippen LogP) is 2.27. The van der Waals surface area contributed by atoms with Gasteiger partial charge in [-0.3, -0.25) is 4.79 Å². The molecule has 1 unspecified atom stereocenters. The summed E-state index contributed by atoms with van der Waals surface area (Å²) in [5, 5.41) is 6.57. The van der Waals surface area contributed by atoms with Crippen molar-refractivity contribution in [2.75, 3.05) is 13.1 Å². The van der Waals surface area contributed by atoms with Crippen LogP contribution in [0.25, 0.3) is 0 Å². The summed E-state index contributed by atoms with van der Waals surface area (Å²) in [4.78, 5) is 12.5. The molecule has 0 aromatic carbocycles. The molecule has 1 heterocycles. The summed E-state index contributed by atoms with van der Waals surface area (Å²) in [6.45, 7) is 7.66. The molecule has 1 amide bonds. The molecule has 0 aromatic rings. The molecule has 104 valence electrons. The Morgan fingerprint density at radius 1 is 1.61 bits per heavy atom. The fourth-order valence-corrected chi connectivity index (χ4v) is 3.37. The molecule has 0 aromatic heterocycles. The van der Waals surface area contributed by atoms with Gasteiger partial charge in [-0.2, -0.15) is 0 Å². The molecule has 2 aliphatic rings. The Morgan fingerprint density at radius 2 is 2.39 bits per heavy atom. The topological polar surface area (TPSA) is 41.1 Å². The third kappa shape index (κ3) is 2.89. The largest absolute Gasteiger partial charge is 0.353 e. The highest BCUT2D eigenvalue weighted by Gasteiger charge is 2.49. The first-order chi connectivity index (χ1) is 8.19. The number of hydrogen-bond acceptors (Lipinski definition) is 2. The van der Waals surface area contributed by atoms with Crippen molar-refractivity contribution in [3.63, 3.8) is 0 Å². The maximum atomic E-state index is 12.5. The van der Waals surface area contributed by atoms with Crippen molar-refractivity contribution in [1.29, 1.82) is 0 Å². The van der Waals surface area contributed by atoms with Crippen LogP contribution in [0.5, 0.6) is 0 Å². The van der Waals surface area contributed by atoms with Crippen LogP contribution in [0.3, 0.4) is 0 Å². The molecule has 4 heteroatoms. The average molecular weight is 273 g/mol. The van der Waals surface area contributed by atoms with E-state index in [1.54, 1.807) is 0 Å². The van der Waals surface area contributed by atoms with Crippen molar-refractivity contribution in [2.45, 2.75) is 45.1 Å². The van der Waals surface area contributed by atoms with Crippen molar-refractivity contribution in [3.8, 4) is 0 Å². The Balaban J connectivity index is 0.00000162. The second-order valence-corrected chi connectivity index (χ2v) is 5.63. The van der Waals surface area contributed by atoms with Crippen molar-refractivity contribution in [3.05, 3.63) is 12.7 Å². The minimum Gasteiger partial charge on any atom is -0.353 e. The quantitative estimate of drug-likeness (QED) is 0.771. The van der Waals surface area contributed by atoms with Gasteiger partial charge in [0.05, 0.1) is 5.41 Å². The summed E-state index contributed by atoms with van der Waals surface area (Å²) in [5.74, 6) is 0.814. The zero-order chi connectivity index (χ0) is 12.3. The fraction of sp³-hybridized carbons (Fsp3) is 0.786. The maximum Gasteiger partial charge on any atom is 0.228 e. The molecule has 1 aliphatic heterocycles. The Bertz CT molecular complexity index is 308. The third-order valence-electron chi connectivity index (χ3n) is 4.39. The zero-order valence-corrected chi connectivity index (χ0v) is 12.0. The minimum atomic E-state index is -0.117. The molecule has 2 rings (SSSR count). The number of hydrogen-bond donors (Lipinski definition) is 2. The molecule has 3 atom stereocenters. The average Bonchev–Trinajstić information content (AvgIpc) is 2.73. The molecule has 1 aliphatic carbocycles. The molecule has 18 heavy (non-hydrogen) atoms. The van der Waals surface area contributed by atoms with Crippen LogP contribution in [-0.4, -0.2) is 25.0 Å². The number of carbonyl (C=O) groups is 1. The van der Waals surface area contributed by atoms with Gasteiger partial charge in [-0.15, -0.1) is 19.0 Å². The minimum absolute atomic E-state index is 0. The second kappa shape index (κ2) is 6.58. The van der Waals surface area contributed by atoms with E-state index in [0.29, 0.717) is 5.92 Å². The van der Waals surface area contributed by atoms with Crippen LogP contribution in [-0.2, 0) is 4.79 Å². The lowest BCUT2D eigenvalue weighted by Crippen LogP contribution is -2.50. The van der Waals surface area contributed by atoms with E-state index < -0.39 is 0 Å². The van der Waals surface area contributed by atoms with Gasteiger partial charge in [0.2, 0.25) is 5.91 Å². The Hall–Kier alpha value is -0.540. The SMILES string of the molecule is C=CCC(C)NC(=O)[C@@]12CCCC[C@H]1CNC2.Cl. The zero-order valence-electron chi connectivity index (χ0n) is 11.2. The number of fused-ring (bicyclic) bond motifs is 1. The van der Waals surface area contributed by atoms with Gasteiger partial charge in [0.25, 0.3) is 0 Å². The van der Waals surface area contributed by atoms with Crippen LogP contribution >= 0.6 is 12.4 Å². The smallest absolute Gasteiger partial charge is 0.228 e. The normalized spacial score (nSPS) is 31.9. The number of rotatable bonds is 4. The van der Waals surface area contributed by atoms with E-state index >= 15 is 0 Å². The van der Waals surface area contributed by atoms with Crippen molar-refractivity contribution in [1.82, 2.24) is 10.6 Å². The molecule has 1 saturated heterocycles. The van der Waals surface area contributed by atoms with Gasteiger partial charge in [-0.05, 0) is 38.6 Å². The molecular weight excluding hydrogens is 248 g/mol. The van der Waals surface area contributed by atoms with Crippen LogP contribution in [0, 0.1) is 11.3 Å². The van der Waals surface area contributed by atoms with Crippen LogP contribution in [0.15, 0.2) is 12.7 Å². The van der Waals surface area contributed by atoms with Gasteiger partial charge in [-0.1, -0.05) is 18.9 Å². The van der Waals surface area contributed by atoms with Crippen LogP contribution in [0.4, 0.5) is 0 Å². The molecule has 2 N–H and O–H groups in total. The molecule has 0 spiro atoms. The lowest BCUT2D eigenvalue weighted by atomic mass is 9.67. The molecule has 0 radical (unpaired) electrons. The number of halogens is 1. The predicted molar refractivity (Wildman–Crippen MR) is 76.9 cm³/mol. The fourth-order valence-electron chi connectivity index (χ4n) is 3.37. The van der Waals surface area contributed by atoms with Gasteiger partial charge in [-0.25, -0.2) is 0 Å². The lowest BCUT2D eigenvalue weighted by molar-refractivity contribution is -0.134. The van der Waals surface area contributed by atoms with Gasteiger partial charge < -0.3 is 10.6 Å². The lowest BCUT2D eigenvalue weighted by Gasteiger charge is -2.37. The molecular formula is C14H25ClN2O. The van der Waals surface area contributed by atoms with E-state index in [4.69, 9.17) is 0 Å². The molecule has 1 saturated carbocycles. The van der Waals surface area contributed by atoms with Crippen molar-refractivity contribution >= 4 is 18.3 Å². The highest BCUT2D eigenvalue weighted by molar-refractivity contribution is 5.85. The summed E-state index contributed by atoms with van der Waals surface area (Å²) in [6.07, 6.45) is 7.45. The number of amides is 1. The van der Waals surface area contributed by atoms with Gasteiger partial charge >= 0.3 is 0 Å². The second-order valence-electron chi connectivity index (χ2n) is 5.63. The van der Waals surface area contributed by atoms with E-state index in [-0.39, 0.29) is 29.8 Å². The van der Waals surface area contributed by atoms with Gasteiger partial charge in [0.1, 0.15) is 0 Å². The van der Waals surface area contributed by atoms with Crippen molar-refractivity contribution in [2.24, 2.45) is 11.3 Å². The summed E-state index contributed by atoms with van der Waals surface area (Å²) in [7, 11) is 0. The van der Waals surface area contributed by atoms with Crippen LogP contribution < -0.4 is 10.6 Å². The highest BCUT2D eigenvalue weighted by Crippen LogP contribution is 2.43.